The van der Waals surface area contributed by atoms with Gasteiger partial charge in [-0.05, 0) is 51.6 Å². The van der Waals surface area contributed by atoms with Crippen molar-refractivity contribution >= 4 is 41.7 Å². The van der Waals surface area contributed by atoms with Gasteiger partial charge >= 0.3 is 0 Å². The van der Waals surface area contributed by atoms with Crippen molar-refractivity contribution in [3.05, 3.63) is 0 Å². The summed E-state index contributed by atoms with van der Waals surface area (Å²) in [7, 11) is 1.85. The van der Waals surface area contributed by atoms with Crippen molar-refractivity contribution in [2.75, 3.05) is 45.5 Å². The molecule has 1 fully saturated rings. The smallest absolute Gasteiger partial charge is 0.191 e. The summed E-state index contributed by atoms with van der Waals surface area (Å²) in [6.45, 7) is 12.2. The monoisotopic (exact) mass is 428 g/mol. The molecule has 1 atom stereocenters. The molecule has 1 aliphatic rings. The van der Waals surface area contributed by atoms with E-state index in [2.05, 4.69) is 53.1 Å². The molecule has 1 aliphatic heterocycles. The number of hydrogen-bond acceptors (Lipinski definition) is 3. The van der Waals surface area contributed by atoms with Crippen LogP contribution in [0.3, 0.4) is 0 Å². The molecule has 0 aromatic rings. The summed E-state index contributed by atoms with van der Waals surface area (Å²) in [5, 5.41) is 6.89. The molecule has 126 valence electrons. The largest absolute Gasteiger partial charge is 0.356 e. The Hall–Kier alpha value is 0.310. The van der Waals surface area contributed by atoms with E-state index in [1.165, 1.54) is 18.6 Å². The fourth-order valence-corrected chi connectivity index (χ4v) is 3.76. The molecule has 4 nitrogen and oxygen atoms in total. The van der Waals surface area contributed by atoms with Gasteiger partial charge in [0.05, 0.1) is 0 Å². The highest BCUT2D eigenvalue weighted by Gasteiger charge is 2.29. The van der Waals surface area contributed by atoms with E-state index >= 15 is 0 Å². The highest BCUT2D eigenvalue weighted by molar-refractivity contribution is 14.0. The molecule has 1 rings (SSSR count). The Kier molecular flexibility index (Phi) is 12.0. The second kappa shape index (κ2) is 11.8. The summed E-state index contributed by atoms with van der Waals surface area (Å²) in [6.07, 6.45) is 3.82. The molecule has 0 spiro atoms. The van der Waals surface area contributed by atoms with Crippen molar-refractivity contribution in [3.63, 3.8) is 0 Å². The molecule has 0 radical (unpaired) electrons. The number of thioether (sulfide) groups is 1. The van der Waals surface area contributed by atoms with Gasteiger partial charge in [0.2, 0.25) is 0 Å². The van der Waals surface area contributed by atoms with Gasteiger partial charge in [-0.15, -0.1) is 24.0 Å². The van der Waals surface area contributed by atoms with Gasteiger partial charge in [-0.2, -0.15) is 11.8 Å². The topological polar surface area (TPSA) is 39.7 Å². The second-order valence-corrected chi connectivity index (χ2v) is 7.32. The third-order valence-electron chi connectivity index (χ3n) is 3.99. The lowest BCUT2D eigenvalue weighted by atomic mass is 10.1. The van der Waals surface area contributed by atoms with E-state index in [0.717, 1.165) is 45.1 Å². The molecule has 0 aromatic heterocycles. The first kappa shape index (κ1) is 21.3. The molecule has 21 heavy (non-hydrogen) atoms. The van der Waals surface area contributed by atoms with Crippen molar-refractivity contribution in [3.8, 4) is 0 Å². The van der Waals surface area contributed by atoms with Crippen molar-refractivity contribution in [2.45, 2.75) is 44.8 Å². The van der Waals surface area contributed by atoms with Gasteiger partial charge < -0.3 is 15.5 Å². The first-order chi connectivity index (χ1) is 9.63. The lowest BCUT2D eigenvalue weighted by Crippen LogP contribution is -2.44. The number of guanidine groups is 1. The van der Waals surface area contributed by atoms with Crippen molar-refractivity contribution in [1.82, 2.24) is 15.5 Å². The average molecular weight is 428 g/mol. The van der Waals surface area contributed by atoms with Crippen LogP contribution >= 0.6 is 35.7 Å². The minimum absolute atomic E-state index is 0. The van der Waals surface area contributed by atoms with E-state index in [-0.39, 0.29) is 24.0 Å². The zero-order chi connectivity index (χ0) is 14.8. The van der Waals surface area contributed by atoms with Gasteiger partial charge in [-0.3, -0.25) is 4.99 Å². The van der Waals surface area contributed by atoms with Crippen LogP contribution in [0.1, 0.15) is 40.0 Å². The fourth-order valence-electron chi connectivity index (χ4n) is 2.52. The standard InChI is InChI=1S/C15H32N4S.HI/c1-5-19(6-2)11-8-10-17-14(16-4)18-13-15(3)9-7-12-20-15;/h5-13H2,1-4H3,(H2,16,17,18);1H. The molecular formula is C15H33IN4S. The van der Waals surface area contributed by atoms with E-state index < -0.39 is 0 Å². The van der Waals surface area contributed by atoms with Crippen LogP contribution in [-0.4, -0.2) is 61.1 Å². The lowest BCUT2D eigenvalue weighted by Gasteiger charge is -2.24. The van der Waals surface area contributed by atoms with Crippen LogP contribution in [0.4, 0.5) is 0 Å². The lowest BCUT2D eigenvalue weighted by molar-refractivity contribution is 0.300. The number of halogens is 1. The van der Waals surface area contributed by atoms with Crippen molar-refractivity contribution in [1.29, 1.82) is 0 Å². The third-order valence-corrected chi connectivity index (χ3v) is 5.53. The van der Waals surface area contributed by atoms with Crippen molar-refractivity contribution < 1.29 is 0 Å². The number of nitrogens with one attached hydrogen (secondary N) is 2. The number of nitrogens with zero attached hydrogens (tertiary/aromatic N) is 2. The Morgan fingerprint density at radius 1 is 1.29 bits per heavy atom. The zero-order valence-electron chi connectivity index (χ0n) is 14.1. The second-order valence-electron chi connectivity index (χ2n) is 5.63. The summed E-state index contributed by atoms with van der Waals surface area (Å²) in [4.78, 5) is 6.76. The molecule has 0 amide bonds. The minimum atomic E-state index is 0. The van der Waals surface area contributed by atoms with E-state index in [1.807, 2.05) is 7.05 Å². The molecular weight excluding hydrogens is 395 g/mol. The maximum atomic E-state index is 4.31. The molecule has 1 saturated heterocycles. The molecule has 0 aromatic carbocycles. The summed E-state index contributed by atoms with van der Waals surface area (Å²) < 4.78 is 0.388. The number of rotatable bonds is 8. The van der Waals surface area contributed by atoms with E-state index in [4.69, 9.17) is 0 Å². The molecule has 0 bridgehead atoms. The highest BCUT2D eigenvalue weighted by atomic mass is 127. The Morgan fingerprint density at radius 2 is 2.00 bits per heavy atom. The third kappa shape index (κ3) is 8.50. The first-order valence-electron chi connectivity index (χ1n) is 7.94. The van der Waals surface area contributed by atoms with Gasteiger partial charge in [0, 0.05) is 24.9 Å². The molecule has 6 heteroatoms. The van der Waals surface area contributed by atoms with E-state index in [9.17, 15) is 0 Å². The Bertz CT molecular complexity index is 289. The summed E-state index contributed by atoms with van der Waals surface area (Å²) >= 11 is 2.08. The van der Waals surface area contributed by atoms with Crippen LogP contribution < -0.4 is 10.6 Å². The van der Waals surface area contributed by atoms with Crippen LogP contribution in [0, 0.1) is 0 Å². The van der Waals surface area contributed by atoms with Gasteiger partial charge in [-0.25, -0.2) is 0 Å². The first-order valence-corrected chi connectivity index (χ1v) is 8.93. The van der Waals surface area contributed by atoms with Gasteiger partial charge in [-0.1, -0.05) is 13.8 Å². The normalized spacial score (nSPS) is 22.2. The quantitative estimate of drug-likeness (QED) is 0.270. The zero-order valence-corrected chi connectivity index (χ0v) is 17.2. The Morgan fingerprint density at radius 3 is 2.52 bits per heavy atom. The molecule has 0 saturated carbocycles. The van der Waals surface area contributed by atoms with Gasteiger partial charge in [0.25, 0.3) is 0 Å². The molecule has 1 unspecified atom stereocenters. The Labute approximate surface area is 152 Å². The molecule has 0 aliphatic carbocycles. The van der Waals surface area contributed by atoms with E-state index in [1.54, 1.807) is 0 Å². The maximum absolute atomic E-state index is 4.31. The predicted octanol–water partition coefficient (Wildman–Crippen LogP) is 2.79. The van der Waals surface area contributed by atoms with E-state index in [0.29, 0.717) is 4.75 Å². The van der Waals surface area contributed by atoms with Crippen LogP contribution in [0.5, 0.6) is 0 Å². The average Bonchev–Trinajstić information content (AvgIpc) is 2.89. The fraction of sp³-hybridized carbons (Fsp3) is 0.933. The molecule has 2 N–H and O–H groups in total. The van der Waals surface area contributed by atoms with Crippen LogP contribution in [0.15, 0.2) is 4.99 Å². The van der Waals surface area contributed by atoms with Crippen LogP contribution in [0.25, 0.3) is 0 Å². The summed E-state index contributed by atoms with van der Waals surface area (Å²) in [5.74, 6) is 2.24. The summed E-state index contributed by atoms with van der Waals surface area (Å²) in [5.41, 5.74) is 0. The Balaban J connectivity index is 0.00000400. The highest BCUT2D eigenvalue weighted by Crippen LogP contribution is 2.36. The van der Waals surface area contributed by atoms with Crippen LogP contribution in [-0.2, 0) is 0 Å². The predicted molar refractivity (Wildman–Crippen MR) is 107 cm³/mol. The van der Waals surface area contributed by atoms with Crippen LogP contribution in [0.2, 0.25) is 0 Å². The SMILES string of the molecule is CCN(CC)CCCNC(=NC)NCC1(C)CCCS1.I. The number of hydrogen-bond donors (Lipinski definition) is 2. The molecule has 1 heterocycles. The number of aliphatic imine (C=N–C) groups is 1. The van der Waals surface area contributed by atoms with Gasteiger partial charge in [0.15, 0.2) is 5.96 Å². The summed E-state index contributed by atoms with van der Waals surface area (Å²) in [6, 6.07) is 0. The van der Waals surface area contributed by atoms with Crippen molar-refractivity contribution in [2.24, 2.45) is 4.99 Å². The minimum Gasteiger partial charge on any atom is -0.356 e. The van der Waals surface area contributed by atoms with Gasteiger partial charge in [0.1, 0.15) is 0 Å². The maximum Gasteiger partial charge on any atom is 0.191 e.